The van der Waals surface area contributed by atoms with Crippen LogP contribution in [0.25, 0.3) is 0 Å². The number of aryl methyl sites for hydroxylation is 1. The van der Waals surface area contributed by atoms with Crippen LogP contribution in [0.15, 0.2) is 29.2 Å². The molecule has 0 spiro atoms. The maximum absolute atomic E-state index is 10.8. The van der Waals surface area contributed by atoms with Crippen LogP contribution < -0.4 is 0 Å². The molecule has 0 aromatic heterocycles. The van der Waals surface area contributed by atoms with Gasteiger partial charge in [0.2, 0.25) is 0 Å². The minimum absolute atomic E-state index is 0.267. The summed E-state index contributed by atoms with van der Waals surface area (Å²) in [7, 11) is -3.27. The number of hydrogen-bond acceptors (Lipinski definition) is 2. The molecule has 1 rings (SSSR count). The number of benzene rings is 1. The third kappa shape index (κ3) is 5.23. The Bertz CT molecular complexity index is 412. The Morgan fingerprint density at radius 3 is 1.93 bits per heavy atom. The molecule has 81 valence electrons. The van der Waals surface area contributed by atoms with E-state index in [4.69, 9.17) is 0 Å². The van der Waals surface area contributed by atoms with E-state index in [1.807, 2.05) is 6.92 Å². The zero-order valence-corrected chi connectivity index (χ0v) is 9.86. The van der Waals surface area contributed by atoms with E-state index in [9.17, 15) is 8.42 Å². The van der Waals surface area contributed by atoms with E-state index in [-0.39, 0.29) is 4.90 Å². The van der Waals surface area contributed by atoms with E-state index in [0.717, 1.165) is 5.56 Å². The normalized spacial score (nSPS) is 9.71. The number of sulfone groups is 1. The van der Waals surface area contributed by atoms with Crippen LogP contribution in [0.4, 0.5) is 0 Å². The smallest absolute Gasteiger partial charge is 0.0493 e. The SMILES string of the molecule is C[C]#[Ni].[CH2-]S(=O)(=O)c1ccc(C)cc1. The Kier molecular flexibility index (Phi) is 5.79. The molecule has 0 unspecified atom stereocenters. The third-order valence-corrected chi connectivity index (χ3v) is 2.37. The fraction of sp³-hybridized carbons (Fsp3) is 0.200. The molecule has 0 radical (unpaired) electrons. The summed E-state index contributed by atoms with van der Waals surface area (Å²) >= 11 is 3.92. The molecule has 0 N–H and O–H groups in total. The van der Waals surface area contributed by atoms with Gasteiger partial charge in [-0.3, -0.25) is 8.42 Å². The second-order valence-electron chi connectivity index (χ2n) is 2.59. The Hall–Kier alpha value is -0.556. The molecule has 0 aliphatic carbocycles. The van der Waals surface area contributed by atoms with Crippen LogP contribution in [0, 0.1) is 18.0 Å². The molecule has 4 heteroatoms. The van der Waals surface area contributed by atoms with Crippen LogP contribution in [0.2, 0.25) is 0 Å². The van der Waals surface area contributed by atoms with Gasteiger partial charge in [-0.1, -0.05) is 17.7 Å². The third-order valence-electron chi connectivity index (χ3n) is 1.38. The Morgan fingerprint density at radius 2 is 1.64 bits per heavy atom. The fourth-order valence-electron chi connectivity index (χ4n) is 0.746. The molecule has 0 saturated heterocycles. The topological polar surface area (TPSA) is 34.1 Å². The van der Waals surface area contributed by atoms with Crippen LogP contribution in [0.5, 0.6) is 0 Å². The van der Waals surface area contributed by atoms with Crippen LogP contribution in [-0.2, 0) is 24.7 Å². The van der Waals surface area contributed by atoms with Crippen LogP contribution in [0.1, 0.15) is 12.5 Å². The van der Waals surface area contributed by atoms with Gasteiger partial charge in [0, 0.05) is 14.7 Å². The molecular formula is C10H12NiO2S-. The number of rotatable bonds is 1. The summed E-state index contributed by atoms with van der Waals surface area (Å²) in [4.78, 5) is 2.64. The van der Waals surface area contributed by atoms with Crippen molar-refractivity contribution >= 4 is 9.84 Å². The standard InChI is InChI=1S/C8H9O2S.C2H3.Ni/c1-7-3-5-8(6-4-7)11(2,9)10;1-2;/h3-6H,2H2,1H3;1H3;/q-1;;. The Morgan fingerprint density at radius 1 is 1.29 bits per heavy atom. The largest absolute Gasteiger partial charge is 0.258 e. The minimum atomic E-state index is -3.27. The second kappa shape index (κ2) is 6.03. The molecule has 14 heavy (non-hydrogen) atoms. The number of hydrogen-bond donors (Lipinski definition) is 0. The quantitative estimate of drug-likeness (QED) is 0.568. The van der Waals surface area contributed by atoms with E-state index in [0.29, 0.717) is 0 Å². The molecule has 0 atom stereocenters. The van der Waals surface area contributed by atoms with Crippen molar-refractivity contribution < 1.29 is 23.3 Å². The summed E-state index contributed by atoms with van der Waals surface area (Å²) in [5, 5.41) is 0. The van der Waals surface area contributed by atoms with E-state index >= 15 is 0 Å². The molecule has 1 aromatic carbocycles. The van der Waals surface area contributed by atoms with Gasteiger partial charge in [-0.15, -0.1) is 0 Å². The average Bonchev–Trinajstić information content (AvgIpc) is 2.04. The van der Waals surface area contributed by atoms with Crippen molar-refractivity contribution in [2.75, 3.05) is 0 Å². The van der Waals surface area contributed by atoms with E-state index < -0.39 is 9.84 Å². The fourth-order valence-corrected chi connectivity index (χ4v) is 1.30. The van der Waals surface area contributed by atoms with E-state index in [1.165, 1.54) is 0 Å². The summed E-state index contributed by atoms with van der Waals surface area (Å²) in [6.45, 7) is 3.61. The summed E-state index contributed by atoms with van der Waals surface area (Å²) in [6, 6.07) is 6.60. The van der Waals surface area contributed by atoms with Crippen molar-refractivity contribution in [1.29, 1.82) is 0 Å². The van der Waals surface area contributed by atoms with Crippen LogP contribution in [-0.4, -0.2) is 8.42 Å². The van der Waals surface area contributed by atoms with Crippen LogP contribution in [0.3, 0.4) is 0 Å². The van der Waals surface area contributed by atoms with E-state index in [1.54, 1.807) is 31.2 Å². The first kappa shape index (κ1) is 13.4. The van der Waals surface area contributed by atoms with Gasteiger partial charge >= 0.3 is 26.6 Å². The predicted octanol–water partition coefficient (Wildman–Crippen LogP) is 2.07. The Labute approximate surface area is 92.8 Å². The van der Waals surface area contributed by atoms with Gasteiger partial charge in [0.1, 0.15) is 0 Å². The summed E-state index contributed by atoms with van der Waals surface area (Å²) < 4.78 is 21.7. The Balaban J connectivity index is 0.000000500. The van der Waals surface area contributed by atoms with Gasteiger partial charge in [0.05, 0.1) is 0 Å². The van der Waals surface area contributed by atoms with Crippen molar-refractivity contribution in [3.8, 4) is 4.80 Å². The van der Waals surface area contributed by atoms with Crippen molar-refractivity contribution in [3.63, 3.8) is 0 Å². The minimum Gasteiger partial charge on any atom is -0.258 e. The molecule has 0 bridgehead atoms. The second-order valence-corrected chi connectivity index (χ2v) is 4.78. The van der Waals surface area contributed by atoms with E-state index in [2.05, 4.69) is 25.9 Å². The molecule has 0 fully saturated rings. The summed E-state index contributed by atoms with van der Waals surface area (Å²) in [6.07, 6.45) is 3.04. The van der Waals surface area contributed by atoms with Crippen molar-refractivity contribution in [2.45, 2.75) is 18.7 Å². The first-order valence-electron chi connectivity index (χ1n) is 3.81. The molecule has 0 amide bonds. The first-order valence-corrected chi connectivity index (χ1v) is 5.95. The van der Waals surface area contributed by atoms with Gasteiger partial charge in [-0.05, 0) is 19.1 Å². The van der Waals surface area contributed by atoms with Gasteiger partial charge in [0.25, 0.3) is 0 Å². The molecule has 2 nitrogen and oxygen atoms in total. The van der Waals surface area contributed by atoms with Gasteiger partial charge in [-0.2, -0.15) is 0 Å². The maximum atomic E-state index is 10.8. The summed E-state index contributed by atoms with van der Waals surface area (Å²) in [5.41, 5.74) is 1.04. The monoisotopic (exact) mass is 254 g/mol. The molecule has 0 aliphatic rings. The van der Waals surface area contributed by atoms with Crippen LogP contribution >= 0.6 is 0 Å². The zero-order chi connectivity index (χ0) is 11.2. The molecule has 0 heterocycles. The molecule has 0 saturated carbocycles. The van der Waals surface area contributed by atoms with Crippen molar-refractivity contribution in [3.05, 3.63) is 36.1 Å². The van der Waals surface area contributed by atoms with Gasteiger partial charge < -0.3 is 0 Å². The van der Waals surface area contributed by atoms with Gasteiger partial charge in [0.15, 0.2) is 0 Å². The molecule has 1 aromatic rings. The van der Waals surface area contributed by atoms with Gasteiger partial charge in [-0.25, -0.2) is 6.26 Å². The maximum Gasteiger partial charge on any atom is 0.0493 e. The zero-order valence-electron chi connectivity index (χ0n) is 8.06. The molecule has 0 aliphatic heterocycles. The average molecular weight is 255 g/mol. The van der Waals surface area contributed by atoms with Crippen molar-refractivity contribution in [2.24, 2.45) is 0 Å². The first-order chi connectivity index (χ1) is 6.41. The molecular weight excluding hydrogens is 243 g/mol. The van der Waals surface area contributed by atoms with Crippen molar-refractivity contribution in [1.82, 2.24) is 0 Å². The summed E-state index contributed by atoms with van der Waals surface area (Å²) in [5.74, 6) is 0. The predicted molar refractivity (Wildman–Crippen MR) is 53.3 cm³/mol.